The van der Waals surface area contributed by atoms with Crippen LogP contribution in [0.25, 0.3) is 22.3 Å². The molecule has 1 saturated heterocycles. The maximum atomic E-state index is 13.9. The van der Waals surface area contributed by atoms with Gasteiger partial charge in [0, 0.05) is 29.4 Å². The van der Waals surface area contributed by atoms with Crippen LogP contribution in [0, 0.1) is 6.92 Å². The predicted octanol–water partition coefficient (Wildman–Crippen LogP) is 6.57. The third kappa shape index (κ3) is 6.00. The number of aryl methyl sites for hydroxylation is 1. The van der Waals surface area contributed by atoms with Crippen molar-refractivity contribution in [1.82, 2.24) is 25.1 Å². The second kappa shape index (κ2) is 11.4. The van der Waals surface area contributed by atoms with Gasteiger partial charge in [0.15, 0.2) is 5.65 Å². The number of nitrogen functional groups attached to an aromatic ring is 1. The number of hydrogen-bond acceptors (Lipinski definition) is 7. The standard InChI is InChI=1S/C31H28F3N7O2/c1-18-4-9-22(38-30(42)20-5-6-21(16-41-12-2-3-13-41)24(14-20)31(32,33)34)15-25(18)43-23-10-7-19(8-11-23)27-26-28(35)36-17-37-29(26)40-39-27/h4-11,14-15,17H,2-3,12-13,16H2,1H3,(H,38,42)(H3,35,36,37,39,40). The van der Waals surface area contributed by atoms with E-state index in [0.717, 1.165) is 43.1 Å². The summed E-state index contributed by atoms with van der Waals surface area (Å²) in [4.78, 5) is 23.2. The molecule has 0 bridgehead atoms. The summed E-state index contributed by atoms with van der Waals surface area (Å²) in [6.07, 6.45) is -1.27. The summed E-state index contributed by atoms with van der Waals surface area (Å²) in [6, 6.07) is 16.0. The van der Waals surface area contributed by atoms with Gasteiger partial charge in [0.2, 0.25) is 0 Å². The van der Waals surface area contributed by atoms with Gasteiger partial charge < -0.3 is 15.8 Å². The summed E-state index contributed by atoms with van der Waals surface area (Å²) >= 11 is 0. The van der Waals surface area contributed by atoms with E-state index in [0.29, 0.717) is 39.7 Å². The zero-order valence-electron chi connectivity index (χ0n) is 23.2. The minimum absolute atomic E-state index is 0.0755. The Morgan fingerprint density at radius 2 is 1.81 bits per heavy atom. The minimum atomic E-state index is -4.57. The van der Waals surface area contributed by atoms with Crippen molar-refractivity contribution in [2.24, 2.45) is 0 Å². The van der Waals surface area contributed by atoms with E-state index in [1.807, 2.05) is 24.0 Å². The molecule has 220 valence electrons. The number of aromatic amines is 1. The van der Waals surface area contributed by atoms with Gasteiger partial charge in [-0.15, -0.1) is 0 Å². The zero-order chi connectivity index (χ0) is 30.1. The van der Waals surface area contributed by atoms with Gasteiger partial charge in [0.1, 0.15) is 23.6 Å². The van der Waals surface area contributed by atoms with Gasteiger partial charge >= 0.3 is 6.18 Å². The lowest BCUT2D eigenvalue weighted by molar-refractivity contribution is -0.138. The molecule has 0 atom stereocenters. The number of aromatic nitrogens is 4. The number of rotatable bonds is 7. The average Bonchev–Trinajstić information content (AvgIpc) is 3.66. The van der Waals surface area contributed by atoms with E-state index in [4.69, 9.17) is 10.5 Å². The lowest BCUT2D eigenvalue weighted by atomic mass is 10.0. The maximum absolute atomic E-state index is 13.9. The largest absolute Gasteiger partial charge is 0.457 e. The minimum Gasteiger partial charge on any atom is -0.457 e. The number of nitrogens with one attached hydrogen (secondary N) is 2. The fourth-order valence-electron chi connectivity index (χ4n) is 5.20. The monoisotopic (exact) mass is 587 g/mol. The first-order chi connectivity index (χ1) is 20.7. The number of ether oxygens (including phenoxy) is 1. The number of anilines is 2. The normalized spacial score (nSPS) is 13.9. The fourth-order valence-corrected chi connectivity index (χ4v) is 5.20. The van der Waals surface area contributed by atoms with Crippen molar-refractivity contribution in [3.05, 3.63) is 89.2 Å². The highest BCUT2D eigenvalue weighted by molar-refractivity contribution is 6.04. The van der Waals surface area contributed by atoms with E-state index in [1.54, 1.807) is 30.3 Å². The van der Waals surface area contributed by atoms with Crippen LogP contribution >= 0.6 is 0 Å². The molecule has 2 aromatic heterocycles. The first-order valence-electron chi connectivity index (χ1n) is 13.7. The van der Waals surface area contributed by atoms with Gasteiger partial charge in [-0.3, -0.25) is 14.8 Å². The molecule has 1 amide bonds. The number of nitrogens with two attached hydrogens (primary N) is 1. The Kier molecular flexibility index (Phi) is 7.45. The molecule has 0 aliphatic carbocycles. The number of carbonyl (C=O) groups is 1. The Morgan fingerprint density at radius 1 is 1.05 bits per heavy atom. The van der Waals surface area contributed by atoms with Crippen LogP contribution in [0.3, 0.4) is 0 Å². The van der Waals surface area contributed by atoms with Crippen LogP contribution in [-0.2, 0) is 12.7 Å². The molecular formula is C31H28F3N7O2. The van der Waals surface area contributed by atoms with E-state index >= 15 is 0 Å². The third-order valence-electron chi connectivity index (χ3n) is 7.47. The molecule has 4 N–H and O–H groups in total. The Bertz CT molecular complexity index is 1800. The Morgan fingerprint density at radius 3 is 2.56 bits per heavy atom. The van der Waals surface area contributed by atoms with E-state index in [-0.39, 0.29) is 17.7 Å². The number of benzene rings is 3. The number of alkyl halides is 3. The topological polar surface area (TPSA) is 122 Å². The number of hydrogen-bond donors (Lipinski definition) is 3. The van der Waals surface area contributed by atoms with Crippen LogP contribution in [0.15, 0.2) is 67.0 Å². The quantitative estimate of drug-likeness (QED) is 0.197. The Balaban J connectivity index is 1.18. The number of fused-ring (bicyclic) bond motifs is 1. The van der Waals surface area contributed by atoms with Crippen molar-refractivity contribution in [3.8, 4) is 22.8 Å². The molecule has 0 unspecified atom stereocenters. The predicted molar refractivity (Wildman–Crippen MR) is 157 cm³/mol. The molecule has 3 aromatic carbocycles. The second-order valence-corrected chi connectivity index (χ2v) is 10.5. The number of H-pyrrole nitrogens is 1. The molecule has 5 aromatic rings. The number of nitrogens with zero attached hydrogens (tertiary/aromatic N) is 4. The molecule has 9 nitrogen and oxygen atoms in total. The molecule has 0 saturated carbocycles. The highest BCUT2D eigenvalue weighted by Crippen LogP contribution is 2.35. The Hall–Kier alpha value is -4.97. The number of halogens is 3. The second-order valence-electron chi connectivity index (χ2n) is 10.5. The molecule has 12 heteroatoms. The van der Waals surface area contributed by atoms with E-state index in [2.05, 4.69) is 25.5 Å². The Labute approximate surface area is 244 Å². The van der Waals surface area contributed by atoms with Crippen LogP contribution in [0.2, 0.25) is 0 Å². The van der Waals surface area contributed by atoms with Crippen molar-refractivity contribution in [3.63, 3.8) is 0 Å². The molecule has 3 heterocycles. The summed E-state index contributed by atoms with van der Waals surface area (Å²) in [7, 11) is 0. The highest BCUT2D eigenvalue weighted by atomic mass is 19.4. The van der Waals surface area contributed by atoms with Crippen molar-refractivity contribution >= 4 is 28.4 Å². The van der Waals surface area contributed by atoms with Gasteiger partial charge in [0.25, 0.3) is 5.91 Å². The maximum Gasteiger partial charge on any atom is 0.416 e. The van der Waals surface area contributed by atoms with Gasteiger partial charge in [0.05, 0.1) is 16.6 Å². The van der Waals surface area contributed by atoms with Crippen molar-refractivity contribution in [2.45, 2.75) is 32.5 Å². The molecule has 0 spiro atoms. The number of carbonyl (C=O) groups excluding carboxylic acids is 1. The fraction of sp³-hybridized carbons (Fsp3) is 0.226. The summed E-state index contributed by atoms with van der Waals surface area (Å²) in [5, 5.41) is 10.4. The molecule has 6 rings (SSSR count). The summed E-state index contributed by atoms with van der Waals surface area (Å²) < 4.78 is 47.8. The SMILES string of the molecule is Cc1ccc(NC(=O)c2ccc(CN3CCCC3)c(C(F)(F)F)c2)cc1Oc1ccc(-c2[nH]nc3ncnc(N)c23)cc1. The van der Waals surface area contributed by atoms with E-state index in [9.17, 15) is 18.0 Å². The van der Waals surface area contributed by atoms with Crippen molar-refractivity contribution < 1.29 is 22.7 Å². The molecule has 1 fully saturated rings. The summed E-state index contributed by atoms with van der Waals surface area (Å²) in [5.74, 6) is 0.683. The smallest absolute Gasteiger partial charge is 0.416 e. The lowest BCUT2D eigenvalue weighted by Crippen LogP contribution is -2.22. The van der Waals surface area contributed by atoms with Crippen LogP contribution in [0.1, 0.15) is 39.9 Å². The van der Waals surface area contributed by atoms with Crippen LogP contribution < -0.4 is 15.8 Å². The van der Waals surface area contributed by atoms with Gasteiger partial charge in [-0.25, -0.2) is 9.97 Å². The van der Waals surface area contributed by atoms with Crippen molar-refractivity contribution in [2.75, 3.05) is 24.1 Å². The van der Waals surface area contributed by atoms with Gasteiger partial charge in [-0.2, -0.15) is 18.3 Å². The lowest BCUT2D eigenvalue weighted by Gasteiger charge is -2.19. The molecule has 43 heavy (non-hydrogen) atoms. The first-order valence-corrected chi connectivity index (χ1v) is 13.7. The van der Waals surface area contributed by atoms with Crippen molar-refractivity contribution in [1.29, 1.82) is 0 Å². The highest BCUT2D eigenvalue weighted by Gasteiger charge is 2.34. The average molecular weight is 588 g/mol. The zero-order valence-corrected chi connectivity index (χ0v) is 23.2. The first kappa shape index (κ1) is 28.2. The van der Waals surface area contributed by atoms with Gasteiger partial charge in [-0.1, -0.05) is 12.1 Å². The number of likely N-dealkylation sites (tertiary alicyclic amines) is 1. The van der Waals surface area contributed by atoms with Crippen LogP contribution in [0.4, 0.5) is 24.7 Å². The molecular weight excluding hydrogens is 559 g/mol. The van der Waals surface area contributed by atoms with Crippen LogP contribution in [0.5, 0.6) is 11.5 Å². The molecule has 0 radical (unpaired) electrons. The van der Waals surface area contributed by atoms with Crippen LogP contribution in [-0.4, -0.2) is 44.1 Å². The van der Waals surface area contributed by atoms with Gasteiger partial charge in [-0.05, 0) is 86.4 Å². The molecule has 1 aliphatic heterocycles. The van der Waals surface area contributed by atoms with E-state index in [1.165, 1.54) is 18.5 Å². The number of amides is 1. The summed E-state index contributed by atoms with van der Waals surface area (Å²) in [6.45, 7) is 3.60. The third-order valence-corrected chi connectivity index (χ3v) is 7.47. The summed E-state index contributed by atoms with van der Waals surface area (Å²) in [5.41, 5.74) is 8.45. The molecule has 1 aliphatic rings. The van der Waals surface area contributed by atoms with E-state index < -0.39 is 17.6 Å².